The first kappa shape index (κ1) is 16.9. The van der Waals surface area contributed by atoms with Crippen molar-refractivity contribution in [2.75, 3.05) is 0 Å². The number of rotatable bonds is 6. The van der Waals surface area contributed by atoms with Gasteiger partial charge < -0.3 is 10.2 Å². The quantitative estimate of drug-likeness (QED) is 0.260. The molecule has 0 unspecified atom stereocenters. The molecule has 110 valence electrons. The van der Waals surface area contributed by atoms with Gasteiger partial charge in [0.15, 0.2) is 0 Å². The number of aliphatic hydroxyl groups excluding tert-OH is 1. The number of amides is 1. The number of phenolic OH excluding ortho intramolecular Hbond substituents is 1. The lowest BCUT2D eigenvalue weighted by molar-refractivity contribution is -0.124. The molecule has 0 saturated carbocycles. The second kappa shape index (κ2) is 8.23. The van der Waals surface area contributed by atoms with E-state index in [2.05, 4.69) is 22.6 Å². The van der Waals surface area contributed by atoms with Crippen LogP contribution in [0.1, 0.15) is 31.4 Å². The molecule has 1 aromatic rings. The second-order valence-electron chi connectivity index (χ2n) is 4.58. The molecule has 5 nitrogen and oxygen atoms in total. The fourth-order valence-corrected chi connectivity index (χ4v) is 2.33. The van der Waals surface area contributed by atoms with E-state index in [1.54, 1.807) is 24.3 Å². The lowest BCUT2D eigenvalue weighted by Gasteiger charge is -2.19. The molecule has 0 spiro atoms. The summed E-state index contributed by atoms with van der Waals surface area (Å²) in [6.07, 6.45) is 3.35. The predicted molar refractivity (Wildman–Crippen MR) is 83.3 cm³/mol. The number of hydrogen-bond acceptors (Lipinski definition) is 4. The van der Waals surface area contributed by atoms with Crippen molar-refractivity contribution < 1.29 is 20.2 Å². The van der Waals surface area contributed by atoms with Crippen LogP contribution in [0.15, 0.2) is 30.4 Å². The van der Waals surface area contributed by atoms with Crippen molar-refractivity contribution >= 4 is 28.5 Å². The highest BCUT2D eigenvalue weighted by Gasteiger charge is 2.19. The molecule has 0 saturated heterocycles. The van der Waals surface area contributed by atoms with Crippen molar-refractivity contribution in [2.24, 2.45) is 5.92 Å². The number of hydroxylamine groups is 1. The number of hydrogen-bond donors (Lipinski definition) is 4. The van der Waals surface area contributed by atoms with Crippen molar-refractivity contribution in [1.29, 1.82) is 0 Å². The van der Waals surface area contributed by atoms with E-state index >= 15 is 0 Å². The zero-order valence-electron chi connectivity index (χ0n) is 11.1. The van der Waals surface area contributed by atoms with Crippen molar-refractivity contribution in [3.8, 4) is 5.75 Å². The van der Waals surface area contributed by atoms with Gasteiger partial charge in [-0.25, -0.2) is 5.48 Å². The highest BCUT2D eigenvalue weighted by Crippen LogP contribution is 2.32. The third-order valence-electron chi connectivity index (χ3n) is 3.02. The molecule has 0 bridgehead atoms. The minimum atomic E-state index is -0.759. The number of phenols is 1. The molecular weight excluding hydrogens is 373 g/mol. The van der Waals surface area contributed by atoms with E-state index in [4.69, 9.17) is 5.21 Å². The van der Waals surface area contributed by atoms with Crippen LogP contribution in [0.2, 0.25) is 0 Å². The van der Waals surface area contributed by atoms with Crippen LogP contribution in [0.25, 0.3) is 0 Å². The van der Waals surface area contributed by atoms with E-state index in [-0.39, 0.29) is 11.7 Å². The Labute approximate surface area is 131 Å². The van der Waals surface area contributed by atoms with Gasteiger partial charge in [0.05, 0.1) is 6.10 Å². The number of halogens is 1. The van der Waals surface area contributed by atoms with Gasteiger partial charge in [-0.05, 0) is 59.5 Å². The summed E-state index contributed by atoms with van der Waals surface area (Å²) in [5.41, 5.74) is 2.02. The third kappa shape index (κ3) is 5.10. The minimum Gasteiger partial charge on any atom is -0.508 e. The molecule has 0 heterocycles. The fraction of sp³-hybridized carbons (Fsp3) is 0.357. The highest BCUT2D eigenvalue weighted by molar-refractivity contribution is 14.1. The molecule has 0 aliphatic rings. The lowest BCUT2D eigenvalue weighted by Crippen LogP contribution is -2.15. The molecule has 1 amide bonds. The van der Waals surface area contributed by atoms with Gasteiger partial charge in [-0.1, -0.05) is 13.0 Å². The summed E-state index contributed by atoms with van der Waals surface area (Å²) in [7, 11) is 0. The standard InChI is InChI=1S/C14H18INO4/c1-9(4-2-3-5-13(18)16-20)14(19)11-8-10(15)6-7-12(11)17/h3,5-9,14,17,19-20H,2,4H2,1H3,(H,16,18)/b5-3+/t9-,14-/m0/s1. The topological polar surface area (TPSA) is 89.8 Å². The van der Waals surface area contributed by atoms with Crippen molar-refractivity contribution in [3.05, 3.63) is 39.5 Å². The van der Waals surface area contributed by atoms with Gasteiger partial charge in [0.2, 0.25) is 0 Å². The summed E-state index contributed by atoms with van der Waals surface area (Å²) >= 11 is 2.12. The monoisotopic (exact) mass is 391 g/mol. The summed E-state index contributed by atoms with van der Waals surface area (Å²) in [6.45, 7) is 1.88. The van der Waals surface area contributed by atoms with Crippen molar-refractivity contribution in [3.63, 3.8) is 0 Å². The molecule has 0 aliphatic heterocycles. The number of benzene rings is 1. The fourth-order valence-electron chi connectivity index (χ4n) is 1.81. The first-order chi connectivity index (χ1) is 9.45. The molecular formula is C14H18INO4. The SMILES string of the molecule is C[C@@H](CC/C=C/C(=O)NO)[C@H](O)c1cc(I)ccc1O. The smallest absolute Gasteiger partial charge is 0.267 e. The van der Waals surface area contributed by atoms with E-state index in [1.165, 1.54) is 11.6 Å². The zero-order chi connectivity index (χ0) is 15.1. The van der Waals surface area contributed by atoms with Gasteiger partial charge in [-0.2, -0.15) is 0 Å². The average Bonchev–Trinajstić information content (AvgIpc) is 2.44. The summed E-state index contributed by atoms with van der Waals surface area (Å²) in [6, 6.07) is 5.09. The maximum Gasteiger partial charge on any atom is 0.267 e. The molecule has 0 aliphatic carbocycles. The van der Waals surface area contributed by atoms with E-state index in [0.717, 1.165) is 3.57 Å². The van der Waals surface area contributed by atoms with E-state index < -0.39 is 12.0 Å². The molecule has 20 heavy (non-hydrogen) atoms. The van der Waals surface area contributed by atoms with Crippen LogP contribution in [0.3, 0.4) is 0 Å². The average molecular weight is 391 g/mol. The largest absolute Gasteiger partial charge is 0.508 e. The Balaban J connectivity index is 2.58. The molecule has 1 rings (SSSR count). The summed E-state index contributed by atoms with van der Waals surface area (Å²) in [4.78, 5) is 10.8. The van der Waals surface area contributed by atoms with Gasteiger partial charge >= 0.3 is 0 Å². The van der Waals surface area contributed by atoms with Crippen LogP contribution in [0, 0.1) is 9.49 Å². The van der Waals surface area contributed by atoms with Crippen LogP contribution in [0.5, 0.6) is 5.75 Å². The number of allylic oxidation sites excluding steroid dienone is 1. The molecule has 1 aromatic carbocycles. The van der Waals surface area contributed by atoms with Crippen molar-refractivity contribution in [1.82, 2.24) is 5.48 Å². The first-order valence-corrected chi connectivity index (χ1v) is 7.30. The van der Waals surface area contributed by atoms with Crippen LogP contribution < -0.4 is 5.48 Å². The minimum absolute atomic E-state index is 0.0686. The maximum atomic E-state index is 10.8. The second-order valence-corrected chi connectivity index (χ2v) is 5.83. The molecule has 2 atom stereocenters. The van der Waals surface area contributed by atoms with Gasteiger partial charge in [-0.3, -0.25) is 10.0 Å². The lowest BCUT2D eigenvalue weighted by atomic mass is 9.93. The Morgan fingerprint density at radius 2 is 2.20 bits per heavy atom. The Morgan fingerprint density at radius 3 is 2.85 bits per heavy atom. The zero-order valence-corrected chi connectivity index (χ0v) is 13.2. The summed E-state index contributed by atoms with van der Waals surface area (Å²) in [5, 5.41) is 28.3. The Kier molecular flexibility index (Phi) is 6.97. The first-order valence-electron chi connectivity index (χ1n) is 6.22. The molecule has 0 aromatic heterocycles. The number of aliphatic hydroxyl groups is 1. The maximum absolute atomic E-state index is 10.8. The third-order valence-corrected chi connectivity index (χ3v) is 3.69. The Morgan fingerprint density at radius 1 is 1.50 bits per heavy atom. The highest BCUT2D eigenvalue weighted by atomic mass is 127. The van der Waals surface area contributed by atoms with E-state index in [0.29, 0.717) is 18.4 Å². The Bertz CT molecular complexity index is 490. The van der Waals surface area contributed by atoms with E-state index in [1.807, 2.05) is 6.92 Å². The molecule has 0 fully saturated rings. The van der Waals surface area contributed by atoms with Crippen LogP contribution >= 0.6 is 22.6 Å². The Hall–Kier alpha value is -1.12. The normalized spacial score (nSPS) is 14.2. The van der Waals surface area contributed by atoms with E-state index in [9.17, 15) is 15.0 Å². The van der Waals surface area contributed by atoms with Gasteiger partial charge in [0.25, 0.3) is 5.91 Å². The van der Waals surface area contributed by atoms with Crippen LogP contribution in [-0.2, 0) is 4.79 Å². The molecule has 6 heteroatoms. The van der Waals surface area contributed by atoms with Crippen LogP contribution in [-0.4, -0.2) is 21.3 Å². The van der Waals surface area contributed by atoms with Gasteiger partial charge in [0, 0.05) is 15.2 Å². The number of carbonyl (C=O) groups excluding carboxylic acids is 1. The van der Waals surface area contributed by atoms with Crippen molar-refractivity contribution in [2.45, 2.75) is 25.9 Å². The summed E-state index contributed by atoms with van der Waals surface area (Å²) in [5.74, 6) is -0.561. The van der Waals surface area contributed by atoms with Crippen LogP contribution in [0.4, 0.5) is 0 Å². The number of nitrogens with one attached hydrogen (secondary N) is 1. The molecule has 0 radical (unpaired) electrons. The van der Waals surface area contributed by atoms with Gasteiger partial charge in [-0.15, -0.1) is 0 Å². The van der Waals surface area contributed by atoms with Gasteiger partial charge in [0.1, 0.15) is 5.75 Å². The number of carbonyl (C=O) groups is 1. The number of aromatic hydroxyl groups is 1. The summed E-state index contributed by atoms with van der Waals surface area (Å²) < 4.78 is 0.946. The predicted octanol–water partition coefficient (Wildman–Crippen LogP) is 2.51. The molecule has 4 N–H and O–H groups in total.